The molecule has 0 bridgehead atoms. The fourth-order valence-electron chi connectivity index (χ4n) is 1.68. The third-order valence-corrected chi connectivity index (χ3v) is 4.15. The van der Waals surface area contributed by atoms with Crippen molar-refractivity contribution in [3.63, 3.8) is 0 Å². The Hall–Kier alpha value is -1.60. The normalized spacial score (nSPS) is 19.3. The van der Waals surface area contributed by atoms with Gasteiger partial charge in [0.1, 0.15) is 4.32 Å². The Labute approximate surface area is 119 Å². The van der Waals surface area contributed by atoms with Crippen LogP contribution in [0.2, 0.25) is 0 Å². The van der Waals surface area contributed by atoms with E-state index in [1.807, 2.05) is 29.9 Å². The van der Waals surface area contributed by atoms with E-state index in [0.29, 0.717) is 4.91 Å². The van der Waals surface area contributed by atoms with Gasteiger partial charge in [-0.2, -0.15) is 0 Å². The molecule has 0 N–H and O–H groups in total. The Morgan fingerprint density at radius 1 is 1.58 bits per heavy atom. The highest BCUT2D eigenvalue weighted by molar-refractivity contribution is 8.26. The number of carbonyl (C=O) groups is 2. The number of thioether (sulfide) groups is 1. The number of carboxylic acids is 1. The number of hydrogen-bond acceptors (Lipinski definition) is 5. The molecule has 100 valence electrons. The number of aryl methyl sites for hydroxylation is 1. The highest BCUT2D eigenvalue weighted by Gasteiger charge is 2.35. The second-order valence-electron chi connectivity index (χ2n) is 4.09. The third-order valence-electron chi connectivity index (χ3n) is 2.81. The van der Waals surface area contributed by atoms with E-state index in [-0.39, 0.29) is 4.32 Å². The second kappa shape index (κ2) is 5.18. The van der Waals surface area contributed by atoms with Crippen molar-refractivity contribution < 1.29 is 14.7 Å². The van der Waals surface area contributed by atoms with Gasteiger partial charge >= 0.3 is 0 Å². The molecule has 7 heteroatoms. The highest BCUT2D eigenvalue weighted by Crippen LogP contribution is 2.33. The Morgan fingerprint density at radius 2 is 2.26 bits per heavy atom. The zero-order chi connectivity index (χ0) is 14.2. The van der Waals surface area contributed by atoms with Crippen LogP contribution >= 0.6 is 24.0 Å². The first-order valence-corrected chi connectivity index (χ1v) is 6.73. The zero-order valence-corrected chi connectivity index (χ0v) is 12.0. The molecule has 2 heterocycles. The number of carbonyl (C=O) groups excluding carboxylic acids is 2. The van der Waals surface area contributed by atoms with Gasteiger partial charge in [-0.1, -0.05) is 24.0 Å². The minimum atomic E-state index is -1.32. The summed E-state index contributed by atoms with van der Waals surface area (Å²) in [7, 11) is 1.86. The summed E-state index contributed by atoms with van der Waals surface area (Å²) in [6.45, 7) is 1.38. The summed E-state index contributed by atoms with van der Waals surface area (Å²) >= 11 is 6.15. The first-order valence-electron chi connectivity index (χ1n) is 5.51. The first-order chi connectivity index (χ1) is 8.91. The molecule has 0 aliphatic carbocycles. The zero-order valence-electron chi connectivity index (χ0n) is 10.3. The van der Waals surface area contributed by atoms with Crippen LogP contribution in [0, 0.1) is 0 Å². The van der Waals surface area contributed by atoms with Crippen LogP contribution in [0.1, 0.15) is 12.6 Å². The highest BCUT2D eigenvalue weighted by atomic mass is 32.2. The van der Waals surface area contributed by atoms with Crippen LogP contribution in [0.5, 0.6) is 0 Å². The van der Waals surface area contributed by atoms with Crippen LogP contribution in [-0.4, -0.2) is 31.7 Å². The fraction of sp³-hybridized carbons (Fsp3) is 0.250. The molecule has 1 atom stereocenters. The summed E-state index contributed by atoms with van der Waals surface area (Å²) in [6.07, 6.45) is 3.55. The monoisotopic (exact) mass is 295 g/mol. The lowest BCUT2D eigenvalue weighted by Crippen LogP contribution is -2.48. The molecular weight excluding hydrogens is 284 g/mol. The number of thiocarbonyl (C=S) groups is 1. The predicted molar refractivity (Wildman–Crippen MR) is 74.9 cm³/mol. The molecule has 1 aromatic heterocycles. The number of aliphatic carboxylic acids is 1. The van der Waals surface area contributed by atoms with Crippen molar-refractivity contribution in [3.8, 4) is 0 Å². The van der Waals surface area contributed by atoms with Gasteiger partial charge in [-0.15, -0.1) is 0 Å². The van der Waals surface area contributed by atoms with Gasteiger partial charge in [0.05, 0.1) is 16.9 Å². The summed E-state index contributed by atoms with van der Waals surface area (Å²) in [5.74, 6) is -1.72. The molecule has 19 heavy (non-hydrogen) atoms. The average Bonchev–Trinajstić information content (AvgIpc) is 2.85. The van der Waals surface area contributed by atoms with Crippen LogP contribution in [0.3, 0.4) is 0 Å². The summed E-state index contributed by atoms with van der Waals surface area (Å²) in [5, 5.41) is 10.9. The SMILES string of the molecule is C[C@H](C(=O)[O-])N1C(=O)/C(=C/c2cccn2C)SC1=S. The van der Waals surface area contributed by atoms with Gasteiger partial charge in [0.2, 0.25) is 0 Å². The van der Waals surface area contributed by atoms with Crippen molar-refractivity contribution >= 4 is 46.3 Å². The fourth-order valence-corrected chi connectivity index (χ4v) is 3.08. The minimum Gasteiger partial charge on any atom is -0.548 e. The van der Waals surface area contributed by atoms with Crippen LogP contribution in [0.4, 0.5) is 0 Å². The maximum atomic E-state index is 12.1. The molecule has 0 radical (unpaired) electrons. The molecule has 0 unspecified atom stereocenters. The molecule has 1 aromatic rings. The maximum Gasteiger partial charge on any atom is 0.266 e. The molecule has 5 nitrogen and oxygen atoms in total. The molecule has 2 rings (SSSR count). The lowest BCUT2D eigenvalue weighted by Gasteiger charge is -2.23. The van der Waals surface area contributed by atoms with Crippen LogP contribution in [0.15, 0.2) is 23.2 Å². The smallest absolute Gasteiger partial charge is 0.266 e. The van der Waals surface area contributed by atoms with Gasteiger partial charge in [-0.25, -0.2) is 0 Å². The van der Waals surface area contributed by atoms with E-state index >= 15 is 0 Å². The quantitative estimate of drug-likeness (QED) is 0.595. The first kappa shape index (κ1) is 13.8. The summed E-state index contributed by atoms with van der Waals surface area (Å²) in [5.41, 5.74) is 0.849. The Balaban J connectivity index is 2.31. The molecule has 1 amide bonds. The van der Waals surface area contributed by atoms with Gasteiger partial charge in [-0.05, 0) is 25.1 Å². The number of rotatable bonds is 3. The number of nitrogens with zero attached hydrogens (tertiary/aromatic N) is 2. The summed E-state index contributed by atoms with van der Waals surface area (Å²) < 4.78 is 2.09. The molecule has 1 aliphatic rings. The van der Waals surface area contributed by atoms with Gasteiger partial charge in [0.15, 0.2) is 0 Å². The molecule has 0 aromatic carbocycles. The molecule has 0 spiro atoms. The van der Waals surface area contributed by atoms with Crippen LogP contribution in [-0.2, 0) is 16.6 Å². The van der Waals surface area contributed by atoms with E-state index in [9.17, 15) is 14.7 Å². The lowest BCUT2D eigenvalue weighted by molar-refractivity contribution is -0.309. The van der Waals surface area contributed by atoms with Crippen molar-refractivity contribution in [2.24, 2.45) is 7.05 Å². The number of hydrogen-bond donors (Lipinski definition) is 0. The maximum absolute atomic E-state index is 12.1. The summed E-state index contributed by atoms with van der Waals surface area (Å²) in [4.78, 5) is 24.5. The molecule has 1 fully saturated rings. The van der Waals surface area contributed by atoms with Crippen LogP contribution < -0.4 is 5.11 Å². The molecule has 0 saturated carbocycles. The van der Waals surface area contributed by atoms with E-state index in [2.05, 4.69) is 0 Å². The predicted octanol–water partition coefficient (Wildman–Crippen LogP) is 0.365. The summed E-state index contributed by atoms with van der Waals surface area (Å²) in [6, 6.07) is 2.65. The topological polar surface area (TPSA) is 65.4 Å². The van der Waals surface area contributed by atoms with Crippen molar-refractivity contribution in [1.29, 1.82) is 0 Å². The molecule has 1 aliphatic heterocycles. The van der Waals surface area contributed by atoms with E-state index in [4.69, 9.17) is 12.2 Å². The van der Waals surface area contributed by atoms with E-state index in [1.54, 1.807) is 6.08 Å². The van der Waals surface area contributed by atoms with Crippen LogP contribution in [0.25, 0.3) is 6.08 Å². The Kier molecular flexibility index (Phi) is 3.77. The van der Waals surface area contributed by atoms with Gasteiger partial charge in [0, 0.05) is 18.9 Å². The standard InChI is InChI=1S/C12H12N2O3S2/c1-7(11(16)17)14-10(15)9(19-12(14)18)6-8-4-3-5-13(8)2/h3-7H,1-2H3,(H,16,17)/p-1/b9-6-/t7-/m1/s1. The van der Waals surface area contributed by atoms with Crippen molar-refractivity contribution in [1.82, 2.24) is 9.47 Å². The lowest BCUT2D eigenvalue weighted by atomic mass is 10.3. The van der Waals surface area contributed by atoms with E-state index in [1.165, 1.54) is 6.92 Å². The van der Waals surface area contributed by atoms with Crippen molar-refractivity contribution in [2.45, 2.75) is 13.0 Å². The van der Waals surface area contributed by atoms with Crippen molar-refractivity contribution in [3.05, 3.63) is 28.9 Å². The van der Waals surface area contributed by atoms with E-state index in [0.717, 1.165) is 22.4 Å². The molecule has 1 saturated heterocycles. The number of aromatic nitrogens is 1. The Bertz CT molecular complexity index is 592. The second-order valence-corrected chi connectivity index (χ2v) is 5.77. The number of amides is 1. The average molecular weight is 295 g/mol. The third kappa shape index (κ3) is 2.57. The minimum absolute atomic E-state index is 0.238. The largest absolute Gasteiger partial charge is 0.548 e. The molecular formula is C12H11N2O3S2-. The van der Waals surface area contributed by atoms with Gasteiger partial charge in [0.25, 0.3) is 5.91 Å². The number of carboxylic acid groups (broad SMARTS) is 1. The van der Waals surface area contributed by atoms with Gasteiger partial charge in [-0.3, -0.25) is 9.69 Å². The Morgan fingerprint density at radius 3 is 2.79 bits per heavy atom. The van der Waals surface area contributed by atoms with Gasteiger partial charge < -0.3 is 14.5 Å². The van der Waals surface area contributed by atoms with Crippen molar-refractivity contribution in [2.75, 3.05) is 0 Å². The van der Waals surface area contributed by atoms with E-state index < -0.39 is 17.9 Å².